The maximum Gasteiger partial charge on any atom is 0.255 e. The van der Waals surface area contributed by atoms with Gasteiger partial charge in [0.15, 0.2) is 0 Å². The van der Waals surface area contributed by atoms with Crippen LogP contribution in [0.2, 0.25) is 0 Å². The van der Waals surface area contributed by atoms with Crippen molar-refractivity contribution in [3.05, 3.63) is 51.4 Å². The Balaban J connectivity index is 1.42. The molecule has 1 aromatic carbocycles. The zero-order valence-corrected chi connectivity index (χ0v) is 14.7. The van der Waals surface area contributed by atoms with Crippen molar-refractivity contribution >= 4 is 17.5 Å². The quantitative estimate of drug-likeness (QED) is 0.826. The Bertz CT molecular complexity index is 941. The number of nitrogens with one attached hydrogen (secondary N) is 2. The van der Waals surface area contributed by atoms with Crippen LogP contribution in [0, 0.1) is 0 Å². The third-order valence-electron chi connectivity index (χ3n) is 6.22. The largest absolute Gasteiger partial charge is 0.342 e. The fourth-order valence-corrected chi connectivity index (χ4v) is 4.71. The van der Waals surface area contributed by atoms with Gasteiger partial charge in [-0.3, -0.25) is 14.6 Å². The molecule has 1 amide bonds. The van der Waals surface area contributed by atoms with E-state index in [0.717, 1.165) is 61.0 Å². The molecule has 1 aliphatic carbocycles. The third kappa shape index (κ3) is 2.21. The number of carbonyl (C=O) groups is 1. The average Bonchev–Trinajstić information content (AvgIpc) is 2.94. The summed E-state index contributed by atoms with van der Waals surface area (Å²) >= 11 is 0. The molecular formula is C20H22N4O2. The lowest BCUT2D eigenvalue weighted by molar-refractivity contribution is -0.121. The number of hydrogen-bond acceptors (Lipinski definition) is 4. The second-order valence-electron chi connectivity index (χ2n) is 7.59. The van der Waals surface area contributed by atoms with Crippen LogP contribution in [0.25, 0.3) is 0 Å². The van der Waals surface area contributed by atoms with E-state index in [0.29, 0.717) is 19.0 Å². The van der Waals surface area contributed by atoms with Crippen molar-refractivity contribution in [3.8, 4) is 0 Å². The van der Waals surface area contributed by atoms with Crippen molar-refractivity contribution in [2.24, 2.45) is 0 Å². The van der Waals surface area contributed by atoms with Crippen LogP contribution in [0.5, 0.6) is 0 Å². The van der Waals surface area contributed by atoms with E-state index in [4.69, 9.17) is 4.98 Å². The molecule has 0 saturated carbocycles. The first kappa shape index (κ1) is 15.6. The molecule has 6 heteroatoms. The maximum absolute atomic E-state index is 12.7. The summed E-state index contributed by atoms with van der Waals surface area (Å²) in [5.74, 6) is 0.766. The van der Waals surface area contributed by atoms with Gasteiger partial charge in [0, 0.05) is 24.3 Å². The van der Waals surface area contributed by atoms with Crippen molar-refractivity contribution in [1.29, 1.82) is 0 Å². The summed E-state index contributed by atoms with van der Waals surface area (Å²) in [5.41, 5.74) is 3.43. The molecule has 2 N–H and O–H groups in total. The predicted molar refractivity (Wildman–Crippen MR) is 99.7 cm³/mol. The maximum atomic E-state index is 12.7. The number of aromatic nitrogens is 2. The highest BCUT2D eigenvalue weighted by Crippen LogP contribution is 2.45. The zero-order chi connectivity index (χ0) is 17.7. The standard InChI is InChI=1S/C20H22N4O2/c25-17-13-5-1-3-7-15(13)22-19(23-17)24-11-9-20(10-12-24)14-6-2-4-8-16(14)21-18(20)26/h2,4,6,8H,1,3,5,7,9-12H2,(H,21,26)(H,22,23,25). The lowest BCUT2D eigenvalue weighted by atomic mass is 9.74. The Morgan fingerprint density at radius 2 is 1.81 bits per heavy atom. The second-order valence-corrected chi connectivity index (χ2v) is 7.59. The summed E-state index contributed by atoms with van der Waals surface area (Å²) in [5, 5.41) is 3.03. The Morgan fingerprint density at radius 3 is 2.65 bits per heavy atom. The average molecular weight is 350 g/mol. The van der Waals surface area contributed by atoms with E-state index in [9.17, 15) is 9.59 Å². The molecular weight excluding hydrogens is 328 g/mol. The normalized spacial score (nSPS) is 20.6. The van der Waals surface area contributed by atoms with Gasteiger partial charge in [-0.1, -0.05) is 18.2 Å². The number of nitrogens with zero attached hydrogens (tertiary/aromatic N) is 2. The number of rotatable bonds is 1. The van der Waals surface area contributed by atoms with E-state index in [2.05, 4.69) is 21.3 Å². The molecule has 0 radical (unpaired) electrons. The van der Waals surface area contributed by atoms with Crippen LogP contribution in [-0.2, 0) is 23.1 Å². The SMILES string of the molecule is O=C1Nc2ccccc2C12CCN(c1nc3c(c(=O)[nH]1)CCCC3)CC2. The summed E-state index contributed by atoms with van der Waals surface area (Å²) in [6.07, 6.45) is 5.35. The number of anilines is 2. The van der Waals surface area contributed by atoms with Gasteiger partial charge >= 0.3 is 0 Å². The first-order chi connectivity index (χ1) is 12.7. The van der Waals surface area contributed by atoms with Gasteiger partial charge in [0.2, 0.25) is 11.9 Å². The van der Waals surface area contributed by atoms with Crippen LogP contribution in [0.15, 0.2) is 29.1 Å². The minimum Gasteiger partial charge on any atom is -0.342 e. The van der Waals surface area contributed by atoms with Gasteiger partial charge in [0.05, 0.1) is 11.1 Å². The monoisotopic (exact) mass is 350 g/mol. The molecule has 3 aliphatic rings. The number of piperidine rings is 1. The number of H-pyrrole nitrogens is 1. The molecule has 6 nitrogen and oxygen atoms in total. The highest BCUT2D eigenvalue weighted by molar-refractivity contribution is 6.06. The van der Waals surface area contributed by atoms with E-state index in [1.807, 2.05) is 18.2 Å². The molecule has 1 aromatic heterocycles. The number of fused-ring (bicyclic) bond motifs is 3. The summed E-state index contributed by atoms with van der Waals surface area (Å²) in [6, 6.07) is 7.98. The first-order valence-electron chi connectivity index (χ1n) is 9.45. The number of hydrogen-bond donors (Lipinski definition) is 2. The molecule has 2 aliphatic heterocycles. The Morgan fingerprint density at radius 1 is 1.04 bits per heavy atom. The molecule has 2 aromatic rings. The van der Waals surface area contributed by atoms with E-state index in [1.54, 1.807) is 0 Å². The highest BCUT2D eigenvalue weighted by Gasteiger charge is 2.48. The number of aromatic amines is 1. The van der Waals surface area contributed by atoms with Gasteiger partial charge < -0.3 is 10.2 Å². The van der Waals surface area contributed by atoms with E-state index in [1.165, 1.54) is 0 Å². The molecule has 1 fully saturated rings. The van der Waals surface area contributed by atoms with Crippen molar-refractivity contribution < 1.29 is 4.79 Å². The smallest absolute Gasteiger partial charge is 0.255 e. The van der Waals surface area contributed by atoms with E-state index in [-0.39, 0.29) is 11.5 Å². The third-order valence-corrected chi connectivity index (χ3v) is 6.22. The van der Waals surface area contributed by atoms with Crippen molar-refractivity contribution in [3.63, 3.8) is 0 Å². The molecule has 1 spiro atoms. The molecule has 3 heterocycles. The topological polar surface area (TPSA) is 78.1 Å². The summed E-state index contributed by atoms with van der Waals surface area (Å²) in [6.45, 7) is 1.42. The van der Waals surface area contributed by atoms with E-state index >= 15 is 0 Å². The second kappa shape index (κ2) is 5.69. The van der Waals surface area contributed by atoms with E-state index < -0.39 is 5.41 Å². The predicted octanol–water partition coefficient (Wildman–Crippen LogP) is 2.14. The molecule has 0 unspecified atom stereocenters. The van der Waals surface area contributed by atoms with Crippen LogP contribution in [-0.4, -0.2) is 29.0 Å². The molecule has 134 valence electrons. The number of para-hydroxylation sites is 1. The molecule has 26 heavy (non-hydrogen) atoms. The van der Waals surface area contributed by atoms with Crippen LogP contribution in [0.1, 0.15) is 42.5 Å². The van der Waals surface area contributed by atoms with Crippen molar-refractivity contribution in [1.82, 2.24) is 9.97 Å². The lowest BCUT2D eigenvalue weighted by Gasteiger charge is -2.38. The Hall–Kier alpha value is -2.63. The van der Waals surface area contributed by atoms with Crippen LogP contribution in [0.4, 0.5) is 11.6 Å². The first-order valence-corrected chi connectivity index (χ1v) is 9.45. The van der Waals surface area contributed by atoms with Crippen LogP contribution in [0.3, 0.4) is 0 Å². The zero-order valence-electron chi connectivity index (χ0n) is 14.7. The van der Waals surface area contributed by atoms with Gasteiger partial charge in [-0.25, -0.2) is 4.98 Å². The minimum absolute atomic E-state index is 0.00828. The lowest BCUT2D eigenvalue weighted by Crippen LogP contribution is -2.47. The molecule has 1 saturated heterocycles. The number of carbonyl (C=O) groups excluding carboxylic acids is 1. The fourth-order valence-electron chi connectivity index (χ4n) is 4.71. The molecule has 0 bridgehead atoms. The van der Waals surface area contributed by atoms with Gasteiger partial charge in [-0.05, 0) is 50.2 Å². The summed E-state index contributed by atoms with van der Waals surface area (Å²) in [7, 11) is 0. The Kier molecular flexibility index (Phi) is 3.42. The number of benzene rings is 1. The highest BCUT2D eigenvalue weighted by atomic mass is 16.2. The van der Waals surface area contributed by atoms with Crippen LogP contribution >= 0.6 is 0 Å². The fraction of sp³-hybridized carbons (Fsp3) is 0.450. The summed E-state index contributed by atoms with van der Waals surface area (Å²) < 4.78 is 0. The van der Waals surface area contributed by atoms with Gasteiger partial charge in [-0.15, -0.1) is 0 Å². The molecule has 0 atom stereocenters. The van der Waals surface area contributed by atoms with Gasteiger partial charge in [-0.2, -0.15) is 0 Å². The van der Waals surface area contributed by atoms with Gasteiger partial charge in [0.25, 0.3) is 5.56 Å². The number of aryl methyl sites for hydroxylation is 1. The number of amides is 1. The van der Waals surface area contributed by atoms with Crippen molar-refractivity contribution in [2.45, 2.75) is 43.9 Å². The molecule has 5 rings (SSSR count). The Labute approximate surface area is 151 Å². The summed E-state index contributed by atoms with van der Waals surface area (Å²) in [4.78, 5) is 34.9. The van der Waals surface area contributed by atoms with Crippen LogP contribution < -0.4 is 15.8 Å². The van der Waals surface area contributed by atoms with Crippen molar-refractivity contribution in [2.75, 3.05) is 23.3 Å². The minimum atomic E-state index is -0.443. The van der Waals surface area contributed by atoms with Gasteiger partial charge in [0.1, 0.15) is 0 Å².